The fourth-order valence-electron chi connectivity index (χ4n) is 3.13. The molecule has 2 atom stereocenters. The van der Waals surface area contributed by atoms with E-state index in [-0.39, 0.29) is 23.1 Å². The average Bonchev–Trinajstić information content (AvgIpc) is 2.86. The predicted octanol–water partition coefficient (Wildman–Crippen LogP) is 3.36. The summed E-state index contributed by atoms with van der Waals surface area (Å²) in [5.41, 5.74) is 14.6. The lowest BCUT2D eigenvalue weighted by Gasteiger charge is -2.36. The Morgan fingerprint density at radius 2 is 1.22 bits per heavy atom. The first kappa shape index (κ1) is 26.0. The Labute approximate surface area is 199 Å². The van der Waals surface area contributed by atoms with Crippen LogP contribution in [0, 0.1) is 0 Å². The van der Waals surface area contributed by atoms with Gasteiger partial charge in [0.25, 0.3) is 0 Å². The summed E-state index contributed by atoms with van der Waals surface area (Å²) in [5.74, 6) is -0.153. The van der Waals surface area contributed by atoms with Crippen LogP contribution in [0.5, 0.6) is 0 Å². The molecule has 0 aliphatic carbocycles. The topological polar surface area (TPSA) is 110 Å². The molecule has 7 heteroatoms. The van der Waals surface area contributed by atoms with E-state index in [9.17, 15) is 9.90 Å². The van der Waals surface area contributed by atoms with Crippen LogP contribution in [0.25, 0.3) is 0 Å². The van der Waals surface area contributed by atoms with Crippen LogP contribution in [0.2, 0.25) is 0 Å². The van der Waals surface area contributed by atoms with E-state index in [0.29, 0.717) is 5.75 Å². The van der Waals surface area contributed by atoms with Gasteiger partial charge in [-0.15, -0.1) is 11.8 Å². The van der Waals surface area contributed by atoms with E-state index >= 15 is 0 Å². The van der Waals surface area contributed by atoms with Gasteiger partial charge in [-0.25, -0.2) is 0 Å². The minimum atomic E-state index is -1.00. The standard InChI is InChI=1S/C22H23NOS.C3H7NO2S/c23-21(16-24)17-25-22(18-10-4-1-5-11-18,19-12-6-2-7-13-19)20-14-8-3-9-15-20;4-2(1-7)3(5)6/h1-15,21,24H,16-17,23H2;2,7H,1,4H2,(H,5,6)/t21-;2-/m10/s1. The molecule has 0 bridgehead atoms. The van der Waals surface area contributed by atoms with Gasteiger partial charge < -0.3 is 21.7 Å². The highest BCUT2D eigenvalue weighted by Crippen LogP contribution is 2.48. The summed E-state index contributed by atoms with van der Waals surface area (Å²) in [6, 6.07) is 30.5. The van der Waals surface area contributed by atoms with Crippen molar-refractivity contribution in [3.8, 4) is 0 Å². The molecule has 3 aromatic rings. The number of nitrogens with two attached hydrogens (primary N) is 2. The average molecular weight is 471 g/mol. The van der Waals surface area contributed by atoms with Crippen LogP contribution < -0.4 is 11.5 Å². The lowest BCUT2D eigenvalue weighted by Crippen LogP contribution is -2.32. The zero-order valence-electron chi connectivity index (χ0n) is 17.7. The summed E-state index contributed by atoms with van der Waals surface area (Å²) >= 11 is 5.43. The zero-order chi connectivity index (χ0) is 23.4. The molecule has 170 valence electrons. The molecule has 0 unspecified atom stereocenters. The molecular formula is C25H30N2O3S2. The van der Waals surface area contributed by atoms with Crippen molar-refractivity contribution in [3.05, 3.63) is 108 Å². The summed E-state index contributed by atoms with van der Waals surface area (Å²) < 4.78 is -0.365. The number of aliphatic hydroxyl groups is 1. The molecule has 6 N–H and O–H groups in total. The third-order valence-corrected chi connectivity index (χ3v) is 6.93. The van der Waals surface area contributed by atoms with Crippen molar-refractivity contribution in [2.75, 3.05) is 18.1 Å². The first-order valence-electron chi connectivity index (χ1n) is 10.2. The highest BCUT2D eigenvalue weighted by Gasteiger charge is 2.37. The molecule has 0 saturated carbocycles. The maximum Gasteiger partial charge on any atom is 0.321 e. The van der Waals surface area contributed by atoms with Crippen LogP contribution in [0.4, 0.5) is 0 Å². The van der Waals surface area contributed by atoms with E-state index in [1.807, 2.05) is 18.2 Å². The van der Waals surface area contributed by atoms with E-state index < -0.39 is 12.0 Å². The van der Waals surface area contributed by atoms with Crippen molar-refractivity contribution in [3.63, 3.8) is 0 Å². The number of hydrogen-bond donors (Lipinski definition) is 5. The molecule has 0 aliphatic rings. The van der Waals surface area contributed by atoms with Crippen LogP contribution in [0.15, 0.2) is 91.0 Å². The first-order chi connectivity index (χ1) is 15.5. The van der Waals surface area contributed by atoms with Gasteiger partial charge in [-0.05, 0) is 16.7 Å². The van der Waals surface area contributed by atoms with Crippen molar-refractivity contribution < 1.29 is 15.0 Å². The Kier molecular flexibility index (Phi) is 10.8. The number of thioether (sulfide) groups is 1. The van der Waals surface area contributed by atoms with Crippen molar-refractivity contribution >= 4 is 30.4 Å². The van der Waals surface area contributed by atoms with Gasteiger partial charge >= 0.3 is 5.97 Å². The quantitative estimate of drug-likeness (QED) is 0.242. The number of carboxylic acid groups (broad SMARTS) is 1. The second-order valence-corrected chi connectivity index (χ2v) is 8.76. The van der Waals surface area contributed by atoms with Crippen molar-refractivity contribution in [2.24, 2.45) is 11.5 Å². The number of thiol groups is 1. The van der Waals surface area contributed by atoms with E-state index in [1.165, 1.54) is 16.7 Å². The number of carbonyl (C=O) groups is 1. The van der Waals surface area contributed by atoms with Crippen LogP contribution in [-0.4, -0.2) is 46.4 Å². The maximum atomic E-state index is 9.76. The van der Waals surface area contributed by atoms with Crippen LogP contribution in [-0.2, 0) is 9.54 Å². The molecule has 32 heavy (non-hydrogen) atoms. The first-order valence-corrected chi connectivity index (χ1v) is 11.8. The minimum Gasteiger partial charge on any atom is -0.480 e. The largest absolute Gasteiger partial charge is 0.480 e. The van der Waals surface area contributed by atoms with Gasteiger partial charge in [0.2, 0.25) is 0 Å². The molecule has 0 fully saturated rings. The molecule has 0 amide bonds. The van der Waals surface area contributed by atoms with Crippen molar-refractivity contribution in [2.45, 2.75) is 16.8 Å². The SMILES string of the molecule is N[C@@H](CS)C(=O)O.N[C@H](CO)CSC(c1ccccc1)(c1ccccc1)c1ccccc1. The Balaban J connectivity index is 0.000000451. The molecule has 0 saturated heterocycles. The number of aliphatic hydroxyl groups excluding tert-OH is 1. The van der Waals surface area contributed by atoms with Crippen LogP contribution in [0.1, 0.15) is 16.7 Å². The Morgan fingerprint density at radius 1 is 0.844 bits per heavy atom. The summed E-state index contributed by atoms with van der Waals surface area (Å²) in [5, 5.41) is 17.4. The van der Waals surface area contributed by atoms with E-state index in [4.69, 9.17) is 16.6 Å². The number of aliphatic carboxylic acids is 1. The molecule has 0 spiro atoms. The molecule has 0 aromatic heterocycles. The number of hydrogen-bond acceptors (Lipinski definition) is 6. The van der Waals surface area contributed by atoms with Gasteiger partial charge in [0.05, 0.1) is 11.4 Å². The smallest absolute Gasteiger partial charge is 0.321 e. The van der Waals surface area contributed by atoms with Crippen molar-refractivity contribution in [1.29, 1.82) is 0 Å². The molecule has 0 heterocycles. The van der Waals surface area contributed by atoms with Gasteiger partial charge in [0.1, 0.15) is 6.04 Å². The number of rotatable bonds is 9. The minimum absolute atomic E-state index is 0.0125. The van der Waals surface area contributed by atoms with Gasteiger partial charge in [-0.2, -0.15) is 12.6 Å². The lowest BCUT2D eigenvalue weighted by atomic mass is 9.84. The monoisotopic (exact) mass is 470 g/mol. The summed E-state index contributed by atoms with van der Waals surface area (Å²) in [6.07, 6.45) is 0. The second kappa shape index (κ2) is 13.3. The van der Waals surface area contributed by atoms with E-state index in [1.54, 1.807) is 11.8 Å². The predicted molar refractivity (Wildman–Crippen MR) is 136 cm³/mol. The fraction of sp³-hybridized carbons (Fsp3) is 0.240. The third kappa shape index (κ3) is 6.85. The highest BCUT2D eigenvalue weighted by atomic mass is 32.2. The fourth-order valence-corrected chi connectivity index (χ4v) is 4.77. The molecule has 0 radical (unpaired) electrons. The van der Waals surface area contributed by atoms with E-state index in [2.05, 4.69) is 85.4 Å². The highest BCUT2D eigenvalue weighted by molar-refractivity contribution is 8.00. The molecular weight excluding hydrogens is 440 g/mol. The Morgan fingerprint density at radius 3 is 1.47 bits per heavy atom. The van der Waals surface area contributed by atoms with Gasteiger partial charge in [-0.3, -0.25) is 4.79 Å². The third-order valence-electron chi connectivity index (χ3n) is 4.80. The van der Waals surface area contributed by atoms with Crippen LogP contribution >= 0.6 is 24.4 Å². The zero-order valence-corrected chi connectivity index (χ0v) is 19.5. The lowest BCUT2D eigenvalue weighted by molar-refractivity contribution is -0.137. The molecule has 3 aromatic carbocycles. The Hall–Kier alpha value is -2.29. The van der Waals surface area contributed by atoms with Crippen molar-refractivity contribution in [1.82, 2.24) is 0 Å². The molecule has 0 aliphatic heterocycles. The van der Waals surface area contributed by atoms with Gasteiger partial charge in [-0.1, -0.05) is 91.0 Å². The molecule has 5 nitrogen and oxygen atoms in total. The van der Waals surface area contributed by atoms with E-state index in [0.717, 1.165) is 0 Å². The molecule has 3 rings (SSSR count). The van der Waals surface area contributed by atoms with Crippen LogP contribution in [0.3, 0.4) is 0 Å². The summed E-state index contributed by atoms with van der Waals surface area (Å²) in [4.78, 5) is 9.76. The maximum absolute atomic E-state index is 9.76. The Bertz CT molecular complexity index is 831. The number of carboxylic acids is 1. The summed E-state index contributed by atoms with van der Waals surface area (Å²) in [6.45, 7) is -0.0125. The summed E-state index contributed by atoms with van der Waals surface area (Å²) in [7, 11) is 0. The second-order valence-electron chi connectivity index (χ2n) is 7.16. The van der Waals surface area contributed by atoms with Gasteiger partial charge in [0.15, 0.2) is 0 Å². The normalized spacial score (nSPS) is 12.9. The number of benzene rings is 3. The van der Waals surface area contributed by atoms with Gasteiger partial charge in [0, 0.05) is 17.5 Å².